The van der Waals surface area contributed by atoms with Gasteiger partial charge in [-0.2, -0.15) is 4.31 Å². The number of sulfonamides is 1. The van der Waals surface area contributed by atoms with E-state index in [1.807, 2.05) is 0 Å². The van der Waals surface area contributed by atoms with Crippen LogP contribution >= 0.6 is 11.6 Å². The molecule has 1 aromatic rings. The Hall–Kier alpha value is -1.22. The van der Waals surface area contributed by atoms with Gasteiger partial charge >= 0.3 is 0 Å². The van der Waals surface area contributed by atoms with Crippen molar-refractivity contribution < 1.29 is 18.4 Å². The molecule has 7 nitrogen and oxygen atoms in total. The van der Waals surface area contributed by atoms with E-state index in [4.69, 9.17) is 11.6 Å². The Labute approximate surface area is 127 Å². The summed E-state index contributed by atoms with van der Waals surface area (Å²) in [5, 5.41) is 20.4. The average Bonchev–Trinajstić information content (AvgIpc) is 2.41. The first-order valence-corrected chi connectivity index (χ1v) is 8.17. The second kappa shape index (κ2) is 5.88. The first kappa shape index (κ1) is 16.2. The molecule has 9 heteroatoms. The molecule has 1 saturated heterocycles. The molecule has 1 aliphatic rings. The Morgan fingerprint density at radius 3 is 2.71 bits per heavy atom. The van der Waals surface area contributed by atoms with E-state index < -0.39 is 26.7 Å². The maximum atomic E-state index is 12.5. The average molecular weight is 335 g/mol. The summed E-state index contributed by atoms with van der Waals surface area (Å²) in [7, 11) is -3.83. The van der Waals surface area contributed by atoms with Crippen LogP contribution in [0.15, 0.2) is 23.1 Å². The van der Waals surface area contributed by atoms with Crippen LogP contribution in [0.5, 0.6) is 0 Å². The number of rotatable bonds is 3. The summed E-state index contributed by atoms with van der Waals surface area (Å²) < 4.78 is 26.2. The molecule has 2 atom stereocenters. The fourth-order valence-corrected chi connectivity index (χ4v) is 4.02. The van der Waals surface area contributed by atoms with Gasteiger partial charge in [-0.1, -0.05) is 18.5 Å². The van der Waals surface area contributed by atoms with Crippen LogP contribution in [0, 0.1) is 16.0 Å². The molecule has 1 N–H and O–H groups in total. The smallest absolute Gasteiger partial charge is 0.289 e. The summed E-state index contributed by atoms with van der Waals surface area (Å²) in [5.74, 6) is -0.184. The minimum Gasteiger partial charge on any atom is -0.393 e. The molecule has 0 amide bonds. The van der Waals surface area contributed by atoms with E-state index in [9.17, 15) is 23.6 Å². The number of hydrogen-bond acceptors (Lipinski definition) is 5. The van der Waals surface area contributed by atoms with E-state index in [0.717, 1.165) is 6.07 Å². The van der Waals surface area contributed by atoms with Crippen LogP contribution in [0.25, 0.3) is 0 Å². The molecule has 0 aliphatic carbocycles. The van der Waals surface area contributed by atoms with Crippen molar-refractivity contribution in [1.29, 1.82) is 0 Å². The summed E-state index contributed by atoms with van der Waals surface area (Å²) in [5.41, 5.74) is -0.442. The lowest BCUT2D eigenvalue weighted by molar-refractivity contribution is -0.384. The number of nitro groups is 1. The molecule has 1 aromatic carbocycles. The third-order valence-electron chi connectivity index (χ3n) is 3.57. The number of piperidine rings is 1. The van der Waals surface area contributed by atoms with Gasteiger partial charge in [0.1, 0.15) is 5.02 Å². The molecular weight excluding hydrogens is 320 g/mol. The Morgan fingerprint density at radius 1 is 1.48 bits per heavy atom. The second-order valence-electron chi connectivity index (χ2n) is 5.07. The predicted octanol–water partition coefficient (Wildman–Crippen LogP) is 1.64. The zero-order valence-corrected chi connectivity index (χ0v) is 12.8. The highest BCUT2D eigenvalue weighted by molar-refractivity contribution is 7.89. The van der Waals surface area contributed by atoms with Crippen molar-refractivity contribution in [3.8, 4) is 0 Å². The van der Waals surface area contributed by atoms with E-state index in [1.54, 1.807) is 6.92 Å². The van der Waals surface area contributed by atoms with Crippen molar-refractivity contribution in [3.05, 3.63) is 33.3 Å². The topological polar surface area (TPSA) is 101 Å². The predicted molar refractivity (Wildman–Crippen MR) is 76.7 cm³/mol. The molecule has 0 bridgehead atoms. The van der Waals surface area contributed by atoms with Gasteiger partial charge in [0, 0.05) is 19.2 Å². The Morgan fingerprint density at radius 2 is 2.14 bits per heavy atom. The van der Waals surface area contributed by atoms with Gasteiger partial charge < -0.3 is 5.11 Å². The van der Waals surface area contributed by atoms with Crippen LogP contribution < -0.4 is 0 Å². The summed E-state index contributed by atoms with van der Waals surface area (Å²) in [6.07, 6.45) is -0.188. The zero-order chi connectivity index (χ0) is 15.8. The molecule has 0 radical (unpaired) electrons. The fraction of sp³-hybridized carbons (Fsp3) is 0.500. The lowest BCUT2D eigenvalue weighted by Crippen LogP contribution is -2.44. The number of nitro benzene ring substituents is 1. The number of benzene rings is 1. The molecular formula is C12H15ClN2O5S. The maximum absolute atomic E-state index is 12.5. The van der Waals surface area contributed by atoms with E-state index in [1.165, 1.54) is 16.4 Å². The third-order valence-corrected chi connectivity index (χ3v) is 5.76. The summed E-state index contributed by atoms with van der Waals surface area (Å²) in [6.45, 7) is 2.13. The van der Waals surface area contributed by atoms with E-state index in [-0.39, 0.29) is 28.9 Å². The standard InChI is InChI=1S/C12H15ClN2O5S/c1-8-7-14(5-4-12(8)16)21(19,20)9-2-3-10(13)11(6-9)15(17)18/h2-3,6,8,12,16H,4-5,7H2,1H3. The normalized spacial score (nSPS) is 24.0. The van der Waals surface area contributed by atoms with Gasteiger partial charge in [0.2, 0.25) is 10.0 Å². The van der Waals surface area contributed by atoms with Crippen LogP contribution in [0.4, 0.5) is 5.69 Å². The lowest BCUT2D eigenvalue weighted by Gasteiger charge is -2.33. The summed E-state index contributed by atoms with van der Waals surface area (Å²) in [4.78, 5) is 9.97. The first-order valence-electron chi connectivity index (χ1n) is 6.35. The van der Waals surface area contributed by atoms with Crippen LogP contribution in [-0.2, 0) is 10.0 Å². The minimum atomic E-state index is -3.83. The first-order chi connectivity index (χ1) is 9.73. The molecule has 2 unspecified atom stereocenters. The van der Waals surface area contributed by atoms with Crippen molar-refractivity contribution in [2.45, 2.75) is 24.3 Å². The lowest BCUT2D eigenvalue weighted by atomic mass is 9.99. The van der Waals surface area contributed by atoms with Gasteiger partial charge in [-0.05, 0) is 24.5 Å². The van der Waals surface area contributed by atoms with Crippen molar-refractivity contribution >= 4 is 27.3 Å². The highest BCUT2D eigenvalue weighted by Gasteiger charge is 2.33. The van der Waals surface area contributed by atoms with Gasteiger partial charge in [-0.3, -0.25) is 10.1 Å². The quantitative estimate of drug-likeness (QED) is 0.669. The SMILES string of the molecule is CC1CN(S(=O)(=O)c2ccc(Cl)c([N+](=O)[O-])c2)CCC1O. The number of hydrogen-bond donors (Lipinski definition) is 1. The highest BCUT2D eigenvalue weighted by Crippen LogP contribution is 2.30. The highest BCUT2D eigenvalue weighted by atomic mass is 35.5. The Kier molecular flexibility index (Phi) is 4.52. The van der Waals surface area contributed by atoms with E-state index >= 15 is 0 Å². The van der Waals surface area contributed by atoms with Crippen LogP contribution in [0.3, 0.4) is 0 Å². The van der Waals surface area contributed by atoms with Crippen molar-refractivity contribution in [2.24, 2.45) is 5.92 Å². The molecule has 2 rings (SSSR count). The van der Waals surface area contributed by atoms with Gasteiger partial charge in [0.15, 0.2) is 0 Å². The molecule has 21 heavy (non-hydrogen) atoms. The Balaban J connectivity index is 2.36. The van der Waals surface area contributed by atoms with Crippen molar-refractivity contribution in [2.75, 3.05) is 13.1 Å². The summed E-state index contributed by atoms with van der Waals surface area (Å²) >= 11 is 5.69. The number of aliphatic hydroxyl groups is 1. The van der Waals surface area contributed by atoms with Gasteiger partial charge in [0.05, 0.1) is 15.9 Å². The van der Waals surface area contributed by atoms with Crippen LogP contribution in [-0.4, -0.2) is 41.9 Å². The molecule has 0 saturated carbocycles. The summed E-state index contributed by atoms with van der Waals surface area (Å²) in [6, 6.07) is 3.42. The van der Waals surface area contributed by atoms with E-state index in [0.29, 0.717) is 6.42 Å². The second-order valence-corrected chi connectivity index (χ2v) is 7.41. The van der Waals surface area contributed by atoms with Crippen LogP contribution in [0.2, 0.25) is 5.02 Å². The van der Waals surface area contributed by atoms with E-state index in [2.05, 4.69) is 0 Å². The van der Waals surface area contributed by atoms with Gasteiger partial charge in [-0.15, -0.1) is 0 Å². The zero-order valence-electron chi connectivity index (χ0n) is 11.3. The van der Waals surface area contributed by atoms with Crippen molar-refractivity contribution in [1.82, 2.24) is 4.31 Å². The molecule has 116 valence electrons. The van der Waals surface area contributed by atoms with Gasteiger partial charge in [-0.25, -0.2) is 8.42 Å². The fourth-order valence-electron chi connectivity index (χ4n) is 2.26. The maximum Gasteiger partial charge on any atom is 0.289 e. The third kappa shape index (κ3) is 3.18. The molecule has 1 aliphatic heterocycles. The molecule has 1 heterocycles. The number of aliphatic hydroxyl groups excluding tert-OH is 1. The largest absolute Gasteiger partial charge is 0.393 e. The van der Waals surface area contributed by atoms with Crippen molar-refractivity contribution in [3.63, 3.8) is 0 Å². The molecule has 0 spiro atoms. The minimum absolute atomic E-state index is 0.110. The Bertz CT molecular complexity index is 664. The number of nitrogens with zero attached hydrogens (tertiary/aromatic N) is 2. The van der Waals surface area contributed by atoms with Gasteiger partial charge in [0.25, 0.3) is 5.69 Å². The molecule has 0 aromatic heterocycles. The number of halogens is 1. The molecule has 1 fully saturated rings. The van der Waals surface area contributed by atoms with Crippen LogP contribution in [0.1, 0.15) is 13.3 Å². The monoisotopic (exact) mass is 334 g/mol.